The van der Waals surface area contributed by atoms with Crippen molar-refractivity contribution in [2.75, 3.05) is 19.9 Å². The minimum atomic E-state index is -2.92. The van der Waals surface area contributed by atoms with E-state index in [0.717, 1.165) is 6.42 Å². The first-order valence-corrected chi connectivity index (χ1v) is 11.1. The molecule has 0 aromatic rings. The average molecular weight is 347 g/mol. The van der Waals surface area contributed by atoms with E-state index >= 15 is 0 Å². The minimum absolute atomic E-state index is 0.205. The normalized spacial score (nSPS) is 21.7. The molecule has 3 atom stereocenters. The van der Waals surface area contributed by atoms with Gasteiger partial charge in [0.15, 0.2) is 0 Å². The van der Waals surface area contributed by atoms with E-state index in [0.29, 0.717) is 18.3 Å². The topological polar surface area (TPSA) is 78.6 Å². The predicted molar refractivity (Wildman–Crippen MR) is 93.6 cm³/mol. The first kappa shape index (κ1) is 20.7. The highest BCUT2D eigenvalue weighted by Crippen LogP contribution is 2.47. The maximum atomic E-state index is 12.8. The Kier molecular flexibility index (Phi) is 8.81. The van der Waals surface area contributed by atoms with Crippen LogP contribution in [0.3, 0.4) is 0 Å². The maximum Gasteiger partial charge on any atom is 0.309 e. The molecule has 0 saturated heterocycles. The van der Waals surface area contributed by atoms with Crippen molar-refractivity contribution in [3.05, 3.63) is 0 Å². The number of carbonyl (C=O) groups is 1. The smallest absolute Gasteiger partial charge is 0.309 e. The third-order valence-electron chi connectivity index (χ3n) is 4.49. The molecular weight excluding hydrogens is 313 g/mol. The number of carbonyl (C=O) groups excluding carboxylic acids is 1. The van der Waals surface area contributed by atoms with Gasteiger partial charge in [0.2, 0.25) is 7.37 Å². The molecule has 0 bridgehead atoms. The Hall–Kier alpha value is -0.380. The van der Waals surface area contributed by atoms with Crippen molar-refractivity contribution < 1.29 is 18.6 Å². The van der Waals surface area contributed by atoms with Crippen molar-refractivity contribution in [2.24, 2.45) is 23.5 Å². The van der Waals surface area contributed by atoms with E-state index in [1.165, 1.54) is 39.2 Å². The van der Waals surface area contributed by atoms with Crippen molar-refractivity contribution in [2.45, 2.75) is 65.0 Å². The van der Waals surface area contributed by atoms with Crippen LogP contribution in [0.2, 0.25) is 0 Å². The van der Waals surface area contributed by atoms with Crippen molar-refractivity contribution in [1.29, 1.82) is 0 Å². The minimum Gasteiger partial charge on any atom is -0.469 e. The number of methoxy groups -OCH3 is 1. The van der Waals surface area contributed by atoms with Gasteiger partial charge >= 0.3 is 5.97 Å². The molecule has 1 fully saturated rings. The molecule has 0 amide bonds. The van der Waals surface area contributed by atoms with Crippen LogP contribution >= 0.6 is 7.37 Å². The zero-order chi connectivity index (χ0) is 17.5. The summed E-state index contributed by atoms with van der Waals surface area (Å²) in [7, 11) is -1.55. The Morgan fingerprint density at radius 2 is 1.87 bits per heavy atom. The Bertz CT molecular complexity index is 407. The molecule has 1 saturated carbocycles. The molecule has 136 valence electrons. The molecule has 0 aromatic heterocycles. The lowest BCUT2D eigenvalue weighted by molar-refractivity contribution is -0.145. The maximum absolute atomic E-state index is 12.8. The number of ether oxygens (including phenoxy) is 1. The summed E-state index contributed by atoms with van der Waals surface area (Å²) in [6, 6.07) is 0. The van der Waals surface area contributed by atoms with E-state index in [4.69, 9.17) is 15.0 Å². The molecule has 0 heterocycles. The van der Waals surface area contributed by atoms with Crippen LogP contribution in [0.4, 0.5) is 0 Å². The van der Waals surface area contributed by atoms with Gasteiger partial charge in [-0.3, -0.25) is 9.36 Å². The molecule has 5 nitrogen and oxygen atoms in total. The molecule has 0 aromatic carbocycles. The van der Waals surface area contributed by atoms with Crippen LogP contribution in [0.5, 0.6) is 0 Å². The van der Waals surface area contributed by atoms with Crippen LogP contribution in [0.1, 0.15) is 58.8 Å². The number of hydrogen-bond donors (Lipinski definition) is 1. The molecule has 2 N–H and O–H groups in total. The van der Waals surface area contributed by atoms with E-state index < -0.39 is 19.5 Å². The molecule has 1 aliphatic carbocycles. The SMILES string of the molecule is COC(=O)C(CC(C)C)CP(C)(=O)OC(N)CC1CCCCC1. The molecule has 3 unspecified atom stereocenters. The summed E-state index contributed by atoms with van der Waals surface area (Å²) >= 11 is 0. The number of esters is 1. The number of hydrogen-bond acceptors (Lipinski definition) is 5. The molecule has 6 heteroatoms. The summed E-state index contributed by atoms with van der Waals surface area (Å²) in [6.07, 6.45) is 7.26. The van der Waals surface area contributed by atoms with Gasteiger partial charge in [-0.1, -0.05) is 46.0 Å². The third kappa shape index (κ3) is 8.32. The van der Waals surface area contributed by atoms with E-state index in [9.17, 15) is 9.36 Å². The first-order chi connectivity index (χ1) is 10.7. The van der Waals surface area contributed by atoms with Gasteiger partial charge in [-0.25, -0.2) is 0 Å². The van der Waals surface area contributed by atoms with E-state index in [1.54, 1.807) is 6.66 Å². The fraction of sp³-hybridized carbons (Fsp3) is 0.941. The van der Waals surface area contributed by atoms with Crippen molar-refractivity contribution in [1.82, 2.24) is 0 Å². The van der Waals surface area contributed by atoms with Gasteiger partial charge in [0.05, 0.1) is 13.0 Å². The van der Waals surface area contributed by atoms with Gasteiger partial charge in [-0.05, 0) is 24.7 Å². The largest absolute Gasteiger partial charge is 0.469 e. The fourth-order valence-corrected chi connectivity index (χ4v) is 5.35. The van der Waals surface area contributed by atoms with E-state index in [2.05, 4.69) is 0 Å². The summed E-state index contributed by atoms with van der Waals surface area (Å²) < 4.78 is 23.3. The molecule has 0 aliphatic heterocycles. The van der Waals surface area contributed by atoms with Crippen LogP contribution in [-0.2, 0) is 18.6 Å². The van der Waals surface area contributed by atoms with Gasteiger partial charge in [-0.15, -0.1) is 0 Å². The standard InChI is InChI=1S/C17H34NO4P/c1-13(2)10-15(17(19)21-3)12-23(4,20)22-16(18)11-14-8-6-5-7-9-14/h13-16H,5-12,18H2,1-4H3. The van der Waals surface area contributed by atoms with Gasteiger partial charge in [0, 0.05) is 12.8 Å². The highest BCUT2D eigenvalue weighted by atomic mass is 31.2. The fourth-order valence-electron chi connectivity index (χ4n) is 3.51. The van der Waals surface area contributed by atoms with Gasteiger partial charge in [0.1, 0.15) is 6.23 Å². The molecule has 0 spiro atoms. The second-order valence-corrected chi connectivity index (χ2v) is 10.0. The third-order valence-corrected chi connectivity index (χ3v) is 6.31. The summed E-state index contributed by atoms with van der Waals surface area (Å²) in [4.78, 5) is 11.9. The molecule has 1 rings (SSSR count). The zero-order valence-electron chi connectivity index (χ0n) is 15.1. The lowest BCUT2D eigenvalue weighted by Crippen LogP contribution is -2.29. The molecule has 0 radical (unpaired) electrons. The molecule has 1 aliphatic rings. The molecular formula is C17H34NO4P. The highest BCUT2D eigenvalue weighted by molar-refractivity contribution is 7.58. The second kappa shape index (κ2) is 9.80. The summed E-state index contributed by atoms with van der Waals surface area (Å²) in [5.74, 6) is 0.198. The van der Waals surface area contributed by atoms with Crippen LogP contribution in [-0.4, -0.2) is 32.1 Å². The second-order valence-electron chi connectivity index (χ2n) is 7.43. The van der Waals surface area contributed by atoms with Crippen LogP contribution < -0.4 is 5.73 Å². The van der Waals surface area contributed by atoms with Crippen molar-refractivity contribution >= 4 is 13.3 Å². The van der Waals surface area contributed by atoms with Gasteiger partial charge in [0.25, 0.3) is 0 Å². The Labute approximate surface area is 141 Å². The van der Waals surface area contributed by atoms with Gasteiger partial charge < -0.3 is 15.0 Å². The Morgan fingerprint density at radius 3 is 2.39 bits per heavy atom. The number of rotatable bonds is 9. The molecule has 23 heavy (non-hydrogen) atoms. The predicted octanol–water partition coefficient (Wildman–Crippen LogP) is 4.00. The van der Waals surface area contributed by atoms with Crippen LogP contribution in [0, 0.1) is 17.8 Å². The summed E-state index contributed by atoms with van der Waals surface area (Å²) in [5, 5.41) is 0. The summed E-state index contributed by atoms with van der Waals surface area (Å²) in [5.41, 5.74) is 6.07. The Morgan fingerprint density at radius 1 is 1.26 bits per heavy atom. The van der Waals surface area contributed by atoms with Gasteiger partial charge in [-0.2, -0.15) is 0 Å². The highest BCUT2D eigenvalue weighted by Gasteiger charge is 2.31. The summed E-state index contributed by atoms with van der Waals surface area (Å²) in [6.45, 7) is 5.66. The lowest BCUT2D eigenvalue weighted by Gasteiger charge is -2.27. The van der Waals surface area contributed by atoms with Crippen LogP contribution in [0.15, 0.2) is 0 Å². The monoisotopic (exact) mass is 347 g/mol. The number of nitrogens with two attached hydrogens (primary N) is 1. The van der Waals surface area contributed by atoms with Crippen LogP contribution in [0.25, 0.3) is 0 Å². The Balaban J connectivity index is 2.54. The first-order valence-electron chi connectivity index (χ1n) is 8.82. The van der Waals surface area contributed by atoms with Crippen molar-refractivity contribution in [3.63, 3.8) is 0 Å². The van der Waals surface area contributed by atoms with E-state index in [-0.39, 0.29) is 12.1 Å². The average Bonchev–Trinajstić information content (AvgIpc) is 2.45. The lowest BCUT2D eigenvalue weighted by atomic mass is 9.87. The quantitative estimate of drug-likeness (QED) is 0.387. The van der Waals surface area contributed by atoms with E-state index in [1.807, 2.05) is 13.8 Å². The van der Waals surface area contributed by atoms with Crippen molar-refractivity contribution in [3.8, 4) is 0 Å². The zero-order valence-corrected chi connectivity index (χ0v) is 16.0.